The van der Waals surface area contributed by atoms with Gasteiger partial charge in [-0.05, 0) is 29.0 Å². The fourth-order valence-corrected chi connectivity index (χ4v) is 1.83. The number of nitrogens with zero attached hydrogens (tertiary/aromatic N) is 4. The molecule has 0 saturated carbocycles. The molecule has 1 N–H and O–H groups in total. The van der Waals surface area contributed by atoms with Crippen molar-refractivity contribution in [2.24, 2.45) is 0 Å². The second kappa shape index (κ2) is 6.14. The predicted octanol–water partition coefficient (Wildman–Crippen LogP) is 0.740. The highest BCUT2D eigenvalue weighted by Gasteiger charge is 2.17. The average molecular weight is 264 g/mol. The lowest BCUT2D eigenvalue weighted by atomic mass is 10.1. The van der Waals surface area contributed by atoms with Crippen LogP contribution in [0.1, 0.15) is 6.42 Å². The molecule has 19 heavy (non-hydrogen) atoms. The van der Waals surface area contributed by atoms with Crippen LogP contribution in [0, 0.1) is 0 Å². The van der Waals surface area contributed by atoms with E-state index in [0.717, 1.165) is 5.56 Å². The van der Waals surface area contributed by atoms with Crippen molar-refractivity contribution in [1.82, 2.24) is 20.2 Å². The number of aryl methyl sites for hydroxylation is 1. The van der Waals surface area contributed by atoms with Crippen LogP contribution in [-0.2, 0) is 6.54 Å². The Morgan fingerprint density at radius 2 is 2.11 bits per heavy atom. The zero-order valence-electron chi connectivity index (χ0n) is 10.9. The highest BCUT2D eigenvalue weighted by molar-refractivity contribution is 5.68. The monoisotopic (exact) mass is 264 g/mol. The Kier molecular flexibility index (Phi) is 4.30. The van der Waals surface area contributed by atoms with E-state index in [1.165, 1.54) is 0 Å². The van der Waals surface area contributed by atoms with Crippen LogP contribution in [0.25, 0.3) is 11.4 Å². The Morgan fingerprint density at radius 3 is 2.79 bits per heavy atom. The van der Waals surface area contributed by atoms with Gasteiger partial charge < -0.3 is 14.6 Å². The SMILES string of the molecule is COc1cccc(-c2nnnn2CCCO)c1OC. The number of hydrogen-bond acceptors (Lipinski definition) is 6. The van der Waals surface area contributed by atoms with E-state index in [-0.39, 0.29) is 6.61 Å². The van der Waals surface area contributed by atoms with E-state index < -0.39 is 0 Å². The maximum Gasteiger partial charge on any atom is 0.185 e. The van der Waals surface area contributed by atoms with Crippen molar-refractivity contribution in [3.63, 3.8) is 0 Å². The maximum atomic E-state index is 8.88. The summed E-state index contributed by atoms with van der Waals surface area (Å²) in [4.78, 5) is 0. The first-order valence-corrected chi connectivity index (χ1v) is 5.90. The van der Waals surface area contributed by atoms with E-state index in [2.05, 4.69) is 15.5 Å². The minimum Gasteiger partial charge on any atom is -0.493 e. The van der Waals surface area contributed by atoms with Gasteiger partial charge in [0, 0.05) is 13.2 Å². The second-order valence-corrected chi connectivity index (χ2v) is 3.84. The molecule has 1 aromatic carbocycles. The molecule has 1 aromatic heterocycles. The normalized spacial score (nSPS) is 10.5. The van der Waals surface area contributed by atoms with Crippen LogP contribution in [0.15, 0.2) is 18.2 Å². The van der Waals surface area contributed by atoms with Gasteiger partial charge in [0.2, 0.25) is 0 Å². The summed E-state index contributed by atoms with van der Waals surface area (Å²) < 4.78 is 12.3. The highest BCUT2D eigenvalue weighted by atomic mass is 16.5. The molecule has 0 bridgehead atoms. The van der Waals surface area contributed by atoms with Gasteiger partial charge in [-0.1, -0.05) is 6.07 Å². The van der Waals surface area contributed by atoms with Crippen LogP contribution in [0.2, 0.25) is 0 Å². The number of tetrazole rings is 1. The van der Waals surface area contributed by atoms with Crippen LogP contribution < -0.4 is 9.47 Å². The number of rotatable bonds is 6. The fourth-order valence-electron chi connectivity index (χ4n) is 1.83. The smallest absolute Gasteiger partial charge is 0.185 e. The third-order valence-corrected chi connectivity index (χ3v) is 2.70. The predicted molar refractivity (Wildman–Crippen MR) is 68.1 cm³/mol. The summed E-state index contributed by atoms with van der Waals surface area (Å²) in [5.41, 5.74) is 0.754. The average Bonchev–Trinajstić information content (AvgIpc) is 2.92. The van der Waals surface area contributed by atoms with Crippen LogP contribution >= 0.6 is 0 Å². The first-order valence-electron chi connectivity index (χ1n) is 5.90. The van der Waals surface area contributed by atoms with Crippen molar-refractivity contribution in [3.05, 3.63) is 18.2 Å². The maximum absolute atomic E-state index is 8.88. The standard InChI is InChI=1S/C12H16N4O3/c1-18-10-6-3-5-9(11(10)19-2)12-13-14-15-16(12)7-4-8-17/h3,5-6,17H,4,7-8H2,1-2H3. The molecule has 0 fully saturated rings. The van der Waals surface area contributed by atoms with Crippen LogP contribution in [0.3, 0.4) is 0 Å². The third-order valence-electron chi connectivity index (χ3n) is 2.70. The Hall–Kier alpha value is -2.15. The van der Waals surface area contributed by atoms with Gasteiger partial charge in [-0.2, -0.15) is 0 Å². The Morgan fingerprint density at radius 1 is 1.26 bits per heavy atom. The van der Waals surface area contributed by atoms with Crippen molar-refractivity contribution in [2.45, 2.75) is 13.0 Å². The summed E-state index contributed by atoms with van der Waals surface area (Å²) in [7, 11) is 3.15. The molecule has 2 aromatic rings. The van der Waals surface area contributed by atoms with Crippen LogP contribution in [-0.4, -0.2) is 46.1 Å². The first kappa shape index (κ1) is 13.3. The van der Waals surface area contributed by atoms with Crippen molar-refractivity contribution in [2.75, 3.05) is 20.8 Å². The number of methoxy groups -OCH3 is 2. The third kappa shape index (κ3) is 2.65. The van der Waals surface area contributed by atoms with Gasteiger partial charge >= 0.3 is 0 Å². The molecule has 0 unspecified atom stereocenters. The lowest BCUT2D eigenvalue weighted by molar-refractivity contribution is 0.276. The van der Waals surface area contributed by atoms with Gasteiger partial charge in [0.05, 0.1) is 19.8 Å². The molecule has 0 radical (unpaired) electrons. The number of aliphatic hydroxyl groups is 1. The second-order valence-electron chi connectivity index (χ2n) is 3.84. The van der Waals surface area contributed by atoms with Gasteiger partial charge in [-0.15, -0.1) is 5.10 Å². The van der Waals surface area contributed by atoms with Crippen molar-refractivity contribution < 1.29 is 14.6 Å². The molecule has 0 saturated heterocycles. The number of hydrogen-bond donors (Lipinski definition) is 1. The molecular weight excluding hydrogens is 248 g/mol. The number of benzene rings is 1. The summed E-state index contributed by atoms with van der Waals surface area (Å²) in [6, 6.07) is 5.52. The number of para-hydroxylation sites is 1. The van der Waals surface area contributed by atoms with Crippen LogP contribution in [0.5, 0.6) is 11.5 Å². The molecule has 0 aliphatic heterocycles. The number of aliphatic hydroxyl groups excluding tert-OH is 1. The molecule has 0 atom stereocenters. The van der Waals surface area contributed by atoms with E-state index >= 15 is 0 Å². The van der Waals surface area contributed by atoms with E-state index in [1.807, 2.05) is 18.2 Å². The van der Waals surface area contributed by atoms with Crippen molar-refractivity contribution in [1.29, 1.82) is 0 Å². The molecular formula is C12H16N4O3. The molecule has 7 nitrogen and oxygen atoms in total. The first-order chi connectivity index (χ1) is 9.31. The summed E-state index contributed by atoms with van der Waals surface area (Å²) in [5.74, 6) is 1.80. The van der Waals surface area contributed by atoms with E-state index in [0.29, 0.717) is 30.3 Å². The minimum absolute atomic E-state index is 0.0918. The van der Waals surface area contributed by atoms with Gasteiger partial charge in [0.15, 0.2) is 17.3 Å². The number of ether oxygens (including phenoxy) is 2. The summed E-state index contributed by atoms with van der Waals surface area (Å²) in [6.45, 7) is 0.633. The minimum atomic E-state index is 0.0918. The molecule has 0 aliphatic rings. The van der Waals surface area contributed by atoms with Crippen molar-refractivity contribution in [3.8, 4) is 22.9 Å². The van der Waals surface area contributed by atoms with Crippen LogP contribution in [0.4, 0.5) is 0 Å². The van der Waals surface area contributed by atoms with E-state index in [9.17, 15) is 0 Å². The van der Waals surface area contributed by atoms with Gasteiger partial charge in [0.1, 0.15) is 0 Å². The summed E-state index contributed by atoms with van der Waals surface area (Å²) in [6.07, 6.45) is 0.588. The summed E-state index contributed by atoms with van der Waals surface area (Å²) in [5, 5.41) is 20.5. The largest absolute Gasteiger partial charge is 0.493 e. The topological polar surface area (TPSA) is 82.3 Å². The molecule has 0 spiro atoms. The van der Waals surface area contributed by atoms with E-state index in [4.69, 9.17) is 14.6 Å². The van der Waals surface area contributed by atoms with Gasteiger partial charge in [-0.25, -0.2) is 4.68 Å². The Bertz CT molecular complexity index is 542. The van der Waals surface area contributed by atoms with Gasteiger partial charge in [0.25, 0.3) is 0 Å². The Balaban J connectivity index is 2.44. The molecule has 7 heteroatoms. The molecule has 0 amide bonds. The number of aromatic nitrogens is 4. The fraction of sp³-hybridized carbons (Fsp3) is 0.417. The molecule has 1 heterocycles. The molecule has 102 valence electrons. The summed E-state index contributed by atoms with van der Waals surface area (Å²) >= 11 is 0. The highest BCUT2D eigenvalue weighted by Crippen LogP contribution is 2.36. The zero-order valence-corrected chi connectivity index (χ0v) is 10.9. The molecule has 2 rings (SSSR count). The Labute approximate surface area is 110 Å². The zero-order chi connectivity index (χ0) is 13.7. The van der Waals surface area contributed by atoms with E-state index in [1.54, 1.807) is 18.9 Å². The van der Waals surface area contributed by atoms with Gasteiger partial charge in [-0.3, -0.25) is 0 Å². The molecule has 0 aliphatic carbocycles. The quantitative estimate of drug-likeness (QED) is 0.828. The van der Waals surface area contributed by atoms with Crippen molar-refractivity contribution >= 4 is 0 Å². The lowest BCUT2D eigenvalue weighted by Crippen LogP contribution is -2.05. The lowest BCUT2D eigenvalue weighted by Gasteiger charge is -2.12.